The van der Waals surface area contributed by atoms with E-state index < -0.39 is 17.5 Å². The van der Waals surface area contributed by atoms with Crippen molar-refractivity contribution in [1.82, 2.24) is 10.2 Å². The number of aromatic nitrogens is 2. The Bertz CT molecular complexity index is 651. The molecule has 2 aromatic rings. The average molecular weight is 266 g/mol. The molecule has 0 aliphatic heterocycles. The number of benzene rings is 1. The molecule has 0 spiro atoms. The summed E-state index contributed by atoms with van der Waals surface area (Å²) in [6.07, 6.45) is 0. The summed E-state index contributed by atoms with van der Waals surface area (Å²) in [5, 5.41) is 8.99. The number of nitrogens with two attached hydrogens (primary N) is 1. The summed E-state index contributed by atoms with van der Waals surface area (Å²) < 4.78 is 26.5. The van der Waals surface area contributed by atoms with Gasteiger partial charge in [-0.15, -0.1) is 0 Å². The van der Waals surface area contributed by atoms with E-state index in [1.54, 1.807) is 13.8 Å². The van der Waals surface area contributed by atoms with Gasteiger partial charge >= 0.3 is 0 Å². The molecule has 1 aromatic heterocycles. The zero-order chi connectivity index (χ0) is 14.2. The second-order valence-electron chi connectivity index (χ2n) is 4.13. The molecule has 19 heavy (non-hydrogen) atoms. The summed E-state index contributed by atoms with van der Waals surface area (Å²) in [5.74, 6) is -2.32. The molecule has 5 nitrogen and oxygen atoms in total. The minimum Gasteiger partial charge on any atom is -0.396 e. The molecule has 0 bridgehead atoms. The van der Waals surface area contributed by atoms with Crippen LogP contribution in [0.5, 0.6) is 0 Å². The molecule has 0 aliphatic carbocycles. The van der Waals surface area contributed by atoms with Crippen LogP contribution in [0.3, 0.4) is 0 Å². The normalized spacial score (nSPS) is 10.5. The van der Waals surface area contributed by atoms with E-state index in [1.165, 1.54) is 0 Å². The Hall–Kier alpha value is -2.44. The van der Waals surface area contributed by atoms with Gasteiger partial charge in [0.05, 0.1) is 11.3 Å². The Kier molecular flexibility index (Phi) is 3.20. The van der Waals surface area contributed by atoms with E-state index in [1.807, 2.05) is 0 Å². The Balaban J connectivity index is 2.30. The van der Waals surface area contributed by atoms with Crippen LogP contribution in [0.25, 0.3) is 0 Å². The highest BCUT2D eigenvalue weighted by molar-refractivity contribution is 6.04. The lowest BCUT2D eigenvalue weighted by atomic mass is 10.1. The smallest absolute Gasteiger partial charge is 0.259 e. The standard InChI is InChI=1S/C12H12F2N4O/c1-5-6(2)17-18-11(5)16-12(19)7-3-10(15)9(14)4-8(7)13/h3-4H,15H2,1-2H3,(H2,16,17,18,19). The minimum atomic E-state index is -0.978. The number of aryl methyl sites for hydroxylation is 1. The van der Waals surface area contributed by atoms with Gasteiger partial charge in [0.2, 0.25) is 0 Å². The topological polar surface area (TPSA) is 83.8 Å². The van der Waals surface area contributed by atoms with Crippen LogP contribution in [0.1, 0.15) is 21.6 Å². The average Bonchev–Trinajstić information content (AvgIpc) is 2.65. The third-order valence-electron chi connectivity index (χ3n) is 2.82. The number of hydrogen-bond acceptors (Lipinski definition) is 3. The number of rotatable bonds is 2. The first-order valence-electron chi connectivity index (χ1n) is 5.47. The highest BCUT2D eigenvalue weighted by Crippen LogP contribution is 2.19. The number of halogens is 2. The van der Waals surface area contributed by atoms with Gasteiger partial charge in [0.25, 0.3) is 5.91 Å². The number of anilines is 2. The Morgan fingerprint density at radius 3 is 2.58 bits per heavy atom. The predicted octanol–water partition coefficient (Wildman–Crippen LogP) is 2.14. The summed E-state index contributed by atoms with van der Waals surface area (Å²) in [4.78, 5) is 11.9. The fourth-order valence-corrected chi connectivity index (χ4v) is 1.52. The van der Waals surface area contributed by atoms with E-state index in [-0.39, 0.29) is 11.3 Å². The van der Waals surface area contributed by atoms with Gasteiger partial charge in [-0.05, 0) is 19.9 Å². The molecule has 100 valence electrons. The van der Waals surface area contributed by atoms with Gasteiger partial charge in [0, 0.05) is 17.3 Å². The predicted molar refractivity (Wildman–Crippen MR) is 66.8 cm³/mol. The fourth-order valence-electron chi connectivity index (χ4n) is 1.52. The largest absolute Gasteiger partial charge is 0.396 e. The minimum absolute atomic E-state index is 0.290. The van der Waals surface area contributed by atoms with Crippen LogP contribution < -0.4 is 11.1 Å². The van der Waals surface area contributed by atoms with Crippen molar-refractivity contribution in [3.8, 4) is 0 Å². The summed E-state index contributed by atoms with van der Waals surface area (Å²) in [6.45, 7) is 3.54. The molecule has 1 heterocycles. The van der Waals surface area contributed by atoms with E-state index in [0.717, 1.165) is 17.3 Å². The molecular weight excluding hydrogens is 254 g/mol. The van der Waals surface area contributed by atoms with Crippen molar-refractivity contribution in [2.45, 2.75) is 13.8 Å². The van der Waals surface area contributed by atoms with E-state index in [0.29, 0.717) is 11.9 Å². The number of H-pyrrole nitrogens is 1. The molecule has 4 N–H and O–H groups in total. The number of carbonyl (C=O) groups is 1. The van der Waals surface area contributed by atoms with Crippen molar-refractivity contribution >= 4 is 17.4 Å². The molecule has 0 saturated carbocycles. The molecule has 0 radical (unpaired) electrons. The lowest BCUT2D eigenvalue weighted by Gasteiger charge is -2.06. The number of carbonyl (C=O) groups excluding carboxylic acids is 1. The highest BCUT2D eigenvalue weighted by Gasteiger charge is 2.17. The molecule has 1 amide bonds. The van der Waals surface area contributed by atoms with Gasteiger partial charge in [-0.1, -0.05) is 0 Å². The van der Waals surface area contributed by atoms with Gasteiger partial charge in [0.1, 0.15) is 11.6 Å². The molecular formula is C12H12F2N4O. The molecule has 0 fully saturated rings. The van der Waals surface area contributed by atoms with Crippen molar-refractivity contribution < 1.29 is 13.6 Å². The second kappa shape index (κ2) is 4.68. The Morgan fingerprint density at radius 1 is 1.32 bits per heavy atom. The zero-order valence-corrected chi connectivity index (χ0v) is 10.3. The zero-order valence-electron chi connectivity index (χ0n) is 10.3. The van der Waals surface area contributed by atoms with Crippen molar-refractivity contribution in [3.63, 3.8) is 0 Å². The second-order valence-corrected chi connectivity index (χ2v) is 4.13. The monoisotopic (exact) mass is 266 g/mol. The number of hydrogen-bond donors (Lipinski definition) is 3. The number of amides is 1. The third-order valence-corrected chi connectivity index (χ3v) is 2.82. The Morgan fingerprint density at radius 2 is 2.00 bits per heavy atom. The summed E-state index contributed by atoms with van der Waals surface area (Å²) >= 11 is 0. The quantitative estimate of drug-likeness (QED) is 0.728. The van der Waals surface area contributed by atoms with Crippen LogP contribution in [-0.2, 0) is 0 Å². The first kappa shape index (κ1) is 13.0. The highest BCUT2D eigenvalue weighted by atomic mass is 19.1. The first-order valence-corrected chi connectivity index (χ1v) is 5.47. The van der Waals surface area contributed by atoms with Gasteiger partial charge in [-0.3, -0.25) is 9.89 Å². The first-order chi connectivity index (χ1) is 8.90. The van der Waals surface area contributed by atoms with Gasteiger partial charge in [-0.2, -0.15) is 5.10 Å². The molecule has 7 heteroatoms. The summed E-state index contributed by atoms with van der Waals surface area (Å²) in [6, 6.07) is 1.53. The van der Waals surface area contributed by atoms with Crippen LogP contribution in [0.2, 0.25) is 0 Å². The molecule has 0 unspecified atom stereocenters. The van der Waals surface area contributed by atoms with E-state index in [4.69, 9.17) is 5.73 Å². The van der Waals surface area contributed by atoms with Crippen LogP contribution >= 0.6 is 0 Å². The van der Waals surface area contributed by atoms with Crippen LogP contribution in [0, 0.1) is 25.5 Å². The maximum absolute atomic E-state index is 13.5. The third kappa shape index (κ3) is 2.40. The van der Waals surface area contributed by atoms with Crippen LogP contribution in [0.4, 0.5) is 20.3 Å². The van der Waals surface area contributed by atoms with Gasteiger partial charge in [-0.25, -0.2) is 8.78 Å². The Labute approximate surface area is 107 Å². The molecule has 2 rings (SSSR count). The fraction of sp³-hybridized carbons (Fsp3) is 0.167. The molecule has 1 aromatic carbocycles. The van der Waals surface area contributed by atoms with Crippen molar-refractivity contribution in [2.24, 2.45) is 0 Å². The SMILES string of the molecule is Cc1[nH]nc(NC(=O)c2cc(N)c(F)cc2F)c1C. The maximum Gasteiger partial charge on any atom is 0.259 e. The van der Waals surface area contributed by atoms with Crippen molar-refractivity contribution in [3.05, 3.63) is 40.6 Å². The number of nitrogen functional groups attached to an aromatic ring is 1. The number of nitrogens with zero attached hydrogens (tertiary/aromatic N) is 1. The molecule has 0 aliphatic rings. The number of aromatic amines is 1. The molecule has 0 saturated heterocycles. The van der Waals surface area contributed by atoms with Gasteiger partial charge < -0.3 is 11.1 Å². The van der Waals surface area contributed by atoms with E-state index in [9.17, 15) is 13.6 Å². The van der Waals surface area contributed by atoms with Crippen molar-refractivity contribution in [2.75, 3.05) is 11.1 Å². The lowest BCUT2D eigenvalue weighted by Crippen LogP contribution is -2.15. The van der Waals surface area contributed by atoms with Crippen molar-refractivity contribution in [1.29, 1.82) is 0 Å². The summed E-state index contributed by atoms with van der Waals surface area (Å²) in [7, 11) is 0. The summed E-state index contributed by atoms with van der Waals surface area (Å²) in [5.41, 5.74) is 6.21. The molecule has 0 atom stereocenters. The van der Waals surface area contributed by atoms with E-state index in [2.05, 4.69) is 15.5 Å². The van der Waals surface area contributed by atoms with Crippen LogP contribution in [-0.4, -0.2) is 16.1 Å². The van der Waals surface area contributed by atoms with E-state index >= 15 is 0 Å². The van der Waals surface area contributed by atoms with Crippen LogP contribution in [0.15, 0.2) is 12.1 Å². The lowest BCUT2D eigenvalue weighted by molar-refractivity contribution is 0.102. The maximum atomic E-state index is 13.5. The van der Waals surface area contributed by atoms with Gasteiger partial charge in [0.15, 0.2) is 5.82 Å². The number of nitrogens with one attached hydrogen (secondary N) is 2.